The van der Waals surface area contributed by atoms with Gasteiger partial charge in [-0.1, -0.05) is 32.0 Å². The van der Waals surface area contributed by atoms with Crippen LogP contribution in [0.4, 0.5) is 0 Å². The van der Waals surface area contributed by atoms with E-state index >= 15 is 0 Å². The molecule has 4 heteroatoms. The second-order valence-corrected chi connectivity index (χ2v) is 5.73. The topological polar surface area (TPSA) is 46.9 Å². The summed E-state index contributed by atoms with van der Waals surface area (Å²) in [5.74, 6) is 0.554. The molecule has 0 aliphatic carbocycles. The minimum Gasteiger partial charge on any atom is -0.353 e. The van der Waals surface area contributed by atoms with Crippen molar-refractivity contribution in [2.24, 2.45) is 5.92 Å². The molecule has 1 N–H and O–H groups in total. The van der Waals surface area contributed by atoms with Crippen LogP contribution in [0.5, 0.6) is 0 Å². The molecule has 21 heavy (non-hydrogen) atoms. The number of rotatable bonds is 6. The van der Waals surface area contributed by atoms with Gasteiger partial charge in [-0.15, -0.1) is 0 Å². The number of aromatic nitrogens is 2. The molecule has 2 aromatic rings. The predicted molar refractivity (Wildman–Crippen MR) is 84.3 cm³/mol. The Morgan fingerprint density at radius 2 is 1.95 bits per heavy atom. The van der Waals surface area contributed by atoms with Crippen molar-refractivity contribution in [2.45, 2.75) is 39.7 Å². The fraction of sp³-hybridized carbons (Fsp3) is 0.412. The maximum absolute atomic E-state index is 11.9. The maximum atomic E-state index is 11.9. The van der Waals surface area contributed by atoms with Crippen LogP contribution < -0.4 is 5.32 Å². The zero-order valence-corrected chi connectivity index (χ0v) is 12.9. The number of carbonyl (C=O) groups excluding carboxylic acids is 1. The molecule has 0 radical (unpaired) electrons. The molecule has 0 bridgehead atoms. The molecule has 0 fully saturated rings. The van der Waals surface area contributed by atoms with E-state index in [0.29, 0.717) is 18.8 Å². The van der Waals surface area contributed by atoms with Crippen LogP contribution in [0, 0.1) is 5.92 Å². The summed E-state index contributed by atoms with van der Waals surface area (Å²) in [4.78, 5) is 11.9. The fourth-order valence-corrected chi connectivity index (χ4v) is 1.96. The van der Waals surface area contributed by atoms with Crippen molar-refractivity contribution >= 4 is 5.91 Å². The molecule has 0 aliphatic rings. The van der Waals surface area contributed by atoms with E-state index in [1.165, 1.54) is 0 Å². The van der Waals surface area contributed by atoms with E-state index in [2.05, 4.69) is 24.3 Å². The van der Waals surface area contributed by atoms with Crippen LogP contribution in [0.25, 0.3) is 5.69 Å². The third-order valence-electron chi connectivity index (χ3n) is 3.69. The first-order valence-electron chi connectivity index (χ1n) is 7.44. The molecule has 1 heterocycles. The van der Waals surface area contributed by atoms with Gasteiger partial charge in [0, 0.05) is 18.7 Å². The highest BCUT2D eigenvalue weighted by Gasteiger charge is 2.11. The minimum absolute atomic E-state index is 0.101. The molecule has 1 aromatic carbocycles. The van der Waals surface area contributed by atoms with Crippen molar-refractivity contribution in [1.82, 2.24) is 15.1 Å². The monoisotopic (exact) mass is 285 g/mol. The van der Waals surface area contributed by atoms with E-state index < -0.39 is 0 Å². The average Bonchev–Trinajstić information content (AvgIpc) is 2.95. The van der Waals surface area contributed by atoms with Gasteiger partial charge in [-0.2, -0.15) is 5.10 Å². The first kappa shape index (κ1) is 15.3. The van der Waals surface area contributed by atoms with E-state index in [0.717, 1.165) is 11.3 Å². The third-order valence-corrected chi connectivity index (χ3v) is 3.69. The Labute approximate surface area is 126 Å². The molecule has 0 aliphatic heterocycles. The normalized spacial score (nSPS) is 12.4. The Morgan fingerprint density at radius 1 is 1.24 bits per heavy atom. The van der Waals surface area contributed by atoms with Gasteiger partial charge in [0.1, 0.15) is 0 Å². The van der Waals surface area contributed by atoms with Gasteiger partial charge >= 0.3 is 0 Å². The number of benzene rings is 1. The molecule has 1 atom stereocenters. The zero-order valence-electron chi connectivity index (χ0n) is 12.9. The summed E-state index contributed by atoms with van der Waals surface area (Å²) in [5.41, 5.74) is 2.10. The fourth-order valence-electron chi connectivity index (χ4n) is 1.96. The van der Waals surface area contributed by atoms with E-state index in [-0.39, 0.29) is 11.9 Å². The van der Waals surface area contributed by atoms with Crippen LogP contribution in [0.1, 0.15) is 32.8 Å². The smallest absolute Gasteiger partial charge is 0.220 e. The number of nitrogens with zero attached hydrogens (tertiary/aromatic N) is 2. The molecular formula is C17H23N3O. The molecular weight excluding hydrogens is 262 g/mol. The van der Waals surface area contributed by atoms with Crippen LogP contribution >= 0.6 is 0 Å². The van der Waals surface area contributed by atoms with Gasteiger partial charge in [-0.25, -0.2) is 4.68 Å². The number of hydrogen-bond donors (Lipinski definition) is 1. The summed E-state index contributed by atoms with van der Waals surface area (Å²) in [6.45, 7) is 6.25. The highest BCUT2D eigenvalue weighted by atomic mass is 16.1. The summed E-state index contributed by atoms with van der Waals surface area (Å²) in [6.07, 6.45) is 5.02. The van der Waals surface area contributed by atoms with E-state index in [9.17, 15) is 4.79 Å². The summed E-state index contributed by atoms with van der Waals surface area (Å²) in [7, 11) is 0. The molecule has 112 valence electrons. The molecule has 1 unspecified atom stereocenters. The van der Waals surface area contributed by atoms with Crippen LogP contribution in [-0.4, -0.2) is 21.7 Å². The van der Waals surface area contributed by atoms with E-state index in [1.54, 1.807) is 0 Å². The molecule has 0 saturated heterocycles. The Morgan fingerprint density at radius 3 is 2.62 bits per heavy atom. The Balaban J connectivity index is 1.87. The first-order valence-corrected chi connectivity index (χ1v) is 7.44. The van der Waals surface area contributed by atoms with Crippen molar-refractivity contribution in [3.8, 4) is 5.69 Å². The maximum Gasteiger partial charge on any atom is 0.220 e. The minimum atomic E-state index is 0.101. The first-order chi connectivity index (χ1) is 10.1. The summed E-state index contributed by atoms with van der Waals surface area (Å²) in [6, 6.07) is 10.2. The second-order valence-electron chi connectivity index (χ2n) is 5.73. The van der Waals surface area contributed by atoms with Crippen LogP contribution in [0.3, 0.4) is 0 Å². The standard InChI is InChI=1S/C17H23N3O/c1-13(2)14(3)19-17(21)10-9-15-11-18-20(12-15)16-7-5-4-6-8-16/h4-8,11-14H,9-10H2,1-3H3,(H,19,21). The third kappa shape index (κ3) is 4.45. The lowest BCUT2D eigenvalue weighted by Crippen LogP contribution is -2.36. The van der Waals surface area contributed by atoms with E-state index in [1.807, 2.05) is 54.3 Å². The molecule has 0 spiro atoms. The number of hydrogen-bond acceptors (Lipinski definition) is 2. The lowest BCUT2D eigenvalue weighted by molar-refractivity contribution is -0.121. The van der Waals surface area contributed by atoms with Crippen LogP contribution in [-0.2, 0) is 11.2 Å². The number of para-hydroxylation sites is 1. The summed E-state index contributed by atoms with van der Waals surface area (Å²) in [5, 5.41) is 7.36. The summed E-state index contributed by atoms with van der Waals surface area (Å²) < 4.78 is 1.84. The van der Waals surface area contributed by atoms with Gasteiger partial charge in [0.15, 0.2) is 0 Å². The van der Waals surface area contributed by atoms with Crippen molar-refractivity contribution in [1.29, 1.82) is 0 Å². The Kier molecular flexibility index (Phi) is 5.14. The van der Waals surface area contributed by atoms with Gasteiger partial charge in [-0.05, 0) is 37.0 Å². The lowest BCUT2D eigenvalue weighted by Gasteiger charge is -2.17. The van der Waals surface area contributed by atoms with Crippen molar-refractivity contribution < 1.29 is 4.79 Å². The lowest BCUT2D eigenvalue weighted by atomic mass is 10.1. The molecule has 1 aromatic heterocycles. The van der Waals surface area contributed by atoms with Crippen LogP contribution in [0.15, 0.2) is 42.7 Å². The quantitative estimate of drug-likeness (QED) is 0.887. The highest BCUT2D eigenvalue weighted by molar-refractivity contribution is 5.76. The summed E-state index contributed by atoms with van der Waals surface area (Å²) >= 11 is 0. The molecule has 2 rings (SSSR count). The Hall–Kier alpha value is -2.10. The number of nitrogens with one attached hydrogen (secondary N) is 1. The predicted octanol–water partition coefficient (Wildman–Crippen LogP) is 2.97. The average molecular weight is 285 g/mol. The SMILES string of the molecule is CC(C)C(C)NC(=O)CCc1cnn(-c2ccccc2)c1. The van der Waals surface area contributed by atoms with Crippen molar-refractivity contribution in [3.63, 3.8) is 0 Å². The Bertz CT molecular complexity index is 575. The molecule has 4 nitrogen and oxygen atoms in total. The van der Waals surface area contributed by atoms with E-state index in [4.69, 9.17) is 0 Å². The van der Waals surface area contributed by atoms with Gasteiger partial charge in [0.2, 0.25) is 5.91 Å². The zero-order chi connectivity index (χ0) is 15.2. The second kappa shape index (κ2) is 7.07. The molecule has 1 amide bonds. The van der Waals surface area contributed by atoms with Gasteiger partial charge in [0.25, 0.3) is 0 Å². The van der Waals surface area contributed by atoms with Crippen molar-refractivity contribution in [3.05, 3.63) is 48.3 Å². The molecule has 0 saturated carbocycles. The van der Waals surface area contributed by atoms with Gasteiger partial charge in [-0.3, -0.25) is 4.79 Å². The van der Waals surface area contributed by atoms with Gasteiger partial charge in [0.05, 0.1) is 11.9 Å². The van der Waals surface area contributed by atoms with Gasteiger partial charge < -0.3 is 5.32 Å². The number of amides is 1. The van der Waals surface area contributed by atoms with Crippen LogP contribution in [0.2, 0.25) is 0 Å². The highest BCUT2D eigenvalue weighted by Crippen LogP contribution is 2.09. The number of carbonyl (C=O) groups is 1. The number of aryl methyl sites for hydroxylation is 1. The van der Waals surface area contributed by atoms with Crippen molar-refractivity contribution in [2.75, 3.05) is 0 Å². The largest absolute Gasteiger partial charge is 0.353 e.